The van der Waals surface area contributed by atoms with Crippen molar-refractivity contribution in [1.82, 2.24) is 15.1 Å². The zero-order valence-electron chi connectivity index (χ0n) is 13.1. The lowest BCUT2D eigenvalue weighted by molar-refractivity contribution is -0.141. The summed E-state index contributed by atoms with van der Waals surface area (Å²) in [6.07, 6.45) is 4.53. The molecule has 0 radical (unpaired) electrons. The van der Waals surface area contributed by atoms with Gasteiger partial charge < -0.3 is 15.0 Å². The summed E-state index contributed by atoms with van der Waals surface area (Å²) in [5.74, 6) is -0.0245. The predicted molar refractivity (Wildman–Crippen MR) is 79.9 cm³/mol. The number of carbonyl (C=O) groups is 2. The third kappa shape index (κ3) is 4.25. The highest BCUT2D eigenvalue weighted by Gasteiger charge is 2.42. The molecule has 0 aromatic heterocycles. The van der Waals surface area contributed by atoms with Gasteiger partial charge in [-0.2, -0.15) is 0 Å². The summed E-state index contributed by atoms with van der Waals surface area (Å²) in [5, 5.41) is 3.23. The van der Waals surface area contributed by atoms with Gasteiger partial charge in [-0.3, -0.25) is 14.5 Å². The van der Waals surface area contributed by atoms with Crippen LogP contribution in [0, 0.1) is 0 Å². The Hall–Kier alpha value is -0.980. The van der Waals surface area contributed by atoms with E-state index < -0.39 is 0 Å². The summed E-state index contributed by atoms with van der Waals surface area (Å²) in [6, 6.07) is -0.171. The number of nitrogens with one attached hydrogen (secondary N) is 1. The number of amides is 2. The predicted octanol–water partition coefficient (Wildman–Crippen LogP) is 0.224. The first-order chi connectivity index (χ1) is 10.1. The second-order valence-corrected chi connectivity index (χ2v) is 6.05. The summed E-state index contributed by atoms with van der Waals surface area (Å²) in [4.78, 5) is 28.1. The van der Waals surface area contributed by atoms with Gasteiger partial charge >= 0.3 is 0 Å². The quantitative estimate of drug-likeness (QED) is 0.650. The van der Waals surface area contributed by atoms with Crippen LogP contribution >= 0.6 is 0 Å². The van der Waals surface area contributed by atoms with E-state index in [-0.39, 0.29) is 23.9 Å². The monoisotopic (exact) mass is 297 g/mol. The summed E-state index contributed by atoms with van der Waals surface area (Å²) in [6.45, 7) is 3.11. The number of ether oxygens (including phenoxy) is 1. The van der Waals surface area contributed by atoms with Crippen molar-refractivity contribution < 1.29 is 14.3 Å². The highest BCUT2D eigenvalue weighted by Crippen LogP contribution is 2.28. The molecule has 1 saturated heterocycles. The molecular formula is C15H27N3O3. The maximum Gasteiger partial charge on any atom is 0.247 e. The minimum absolute atomic E-state index is 0.00265. The van der Waals surface area contributed by atoms with Gasteiger partial charge in [-0.05, 0) is 19.9 Å². The number of nitrogens with zero attached hydrogens (tertiary/aromatic N) is 2. The molecule has 1 N–H and O–H groups in total. The van der Waals surface area contributed by atoms with Crippen LogP contribution in [-0.4, -0.2) is 74.1 Å². The van der Waals surface area contributed by atoms with Crippen LogP contribution in [0.4, 0.5) is 0 Å². The Morgan fingerprint density at radius 3 is 2.67 bits per heavy atom. The number of hydrogen-bond acceptors (Lipinski definition) is 5. The van der Waals surface area contributed by atoms with E-state index in [1.165, 1.54) is 4.90 Å². The van der Waals surface area contributed by atoms with Gasteiger partial charge in [-0.1, -0.05) is 12.8 Å². The number of imide groups is 1. The van der Waals surface area contributed by atoms with Crippen LogP contribution in [0.5, 0.6) is 0 Å². The van der Waals surface area contributed by atoms with E-state index in [2.05, 4.69) is 10.2 Å². The largest absolute Gasteiger partial charge is 0.383 e. The van der Waals surface area contributed by atoms with Crippen molar-refractivity contribution in [2.75, 3.05) is 40.4 Å². The molecule has 21 heavy (non-hydrogen) atoms. The number of methoxy groups -OCH3 is 1. The standard InChI is InChI=1S/C15H27N3O3/c1-17(9-10-21-2)8-7-16-13-11-14(19)18(15(13)20)12-5-3-4-6-12/h12-13,16H,3-11H2,1-2H3. The normalized spacial score (nSPS) is 23.8. The lowest BCUT2D eigenvalue weighted by Gasteiger charge is -2.22. The van der Waals surface area contributed by atoms with Crippen molar-refractivity contribution in [3.8, 4) is 0 Å². The van der Waals surface area contributed by atoms with E-state index in [4.69, 9.17) is 4.74 Å². The molecule has 1 aliphatic heterocycles. The van der Waals surface area contributed by atoms with Crippen molar-refractivity contribution in [3.05, 3.63) is 0 Å². The van der Waals surface area contributed by atoms with E-state index in [0.29, 0.717) is 19.6 Å². The van der Waals surface area contributed by atoms with E-state index in [0.717, 1.165) is 38.8 Å². The van der Waals surface area contributed by atoms with Gasteiger partial charge in [-0.25, -0.2) is 0 Å². The topological polar surface area (TPSA) is 61.9 Å². The van der Waals surface area contributed by atoms with Crippen LogP contribution in [0.25, 0.3) is 0 Å². The Morgan fingerprint density at radius 1 is 1.29 bits per heavy atom. The molecule has 0 aromatic rings. The molecule has 120 valence electrons. The van der Waals surface area contributed by atoms with Crippen LogP contribution in [0.1, 0.15) is 32.1 Å². The second-order valence-electron chi connectivity index (χ2n) is 6.05. The fraction of sp³-hybridized carbons (Fsp3) is 0.867. The Balaban J connectivity index is 1.74. The van der Waals surface area contributed by atoms with Crippen LogP contribution in [-0.2, 0) is 14.3 Å². The van der Waals surface area contributed by atoms with Crippen LogP contribution in [0.3, 0.4) is 0 Å². The van der Waals surface area contributed by atoms with E-state index in [1.807, 2.05) is 7.05 Å². The minimum atomic E-state index is -0.325. The molecule has 1 saturated carbocycles. The molecule has 6 heteroatoms. The Labute approximate surface area is 126 Å². The lowest BCUT2D eigenvalue weighted by atomic mass is 10.2. The third-order valence-corrected chi connectivity index (χ3v) is 4.43. The molecule has 1 unspecified atom stereocenters. The minimum Gasteiger partial charge on any atom is -0.383 e. The molecule has 2 fully saturated rings. The molecule has 0 bridgehead atoms. The molecule has 0 spiro atoms. The van der Waals surface area contributed by atoms with Gasteiger partial charge in [-0.15, -0.1) is 0 Å². The van der Waals surface area contributed by atoms with Crippen molar-refractivity contribution in [2.24, 2.45) is 0 Å². The number of likely N-dealkylation sites (tertiary alicyclic amines) is 1. The third-order valence-electron chi connectivity index (χ3n) is 4.43. The van der Waals surface area contributed by atoms with Gasteiger partial charge in [0.1, 0.15) is 0 Å². The highest BCUT2D eigenvalue weighted by atomic mass is 16.5. The maximum atomic E-state index is 12.4. The Kier molecular flexibility index (Phi) is 6.14. The van der Waals surface area contributed by atoms with E-state index in [1.54, 1.807) is 7.11 Å². The smallest absolute Gasteiger partial charge is 0.247 e. The lowest BCUT2D eigenvalue weighted by Crippen LogP contribution is -2.44. The molecular weight excluding hydrogens is 270 g/mol. The van der Waals surface area contributed by atoms with Gasteiger partial charge in [0, 0.05) is 32.8 Å². The molecule has 1 atom stereocenters. The van der Waals surface area contributed by atoms with Gasteiger partial charge in [0.15, 0.2) is 0 Å². The zero-order chi connectivity index (χ0) is 15.2. The van der Waals surface area contributed by atoms with Crippen LogP contribution in [0.2, 0.25) is 0 Å². The first-order valence-corrected chi connectivity index (χ1v) is 7.90. The van der Waals surface area contributed by atoms with Crippen molar-refractivity contribution >= 4 is 11.8 Å². The molecule has 1 aliphatic carbocycles. The summed E-state index contributed by atoms with van der Waals surface area (Å²) >= 11 is 0. The number of carbonyl (C=O) groups excluding carboxylic acids is 2. The average molecular weight is 297 g/mol. The summed E-state index contributed by atoms with van der Waals surface area (Å²) < 4.78 is 5.03. The molecule has 1 heterocycles. The van der Waals surface area contributed by atoms with Gasteiger partial charge in [0.2, 0.25) is 11.8 Å². The highest BCUT2D eigenvalue weighted by molar-refractivity contribution is 6.05. The van der Waals surface area contributed by atoms with E-state index >= 15 is 0 Å². The number of hydrogen-bond donors (Lipinski definition) is 1. The zero-order valence-corrected chi connectivity index (χ0v) is 13.1. The molecule has 2 rings (SSSR count). The SMILES string of the molecule is COCCN(C)CCNC1CC(=O)N(C2CCCC2)C1=O. The van der Waals surface area contributed by atoms with Crippen molar-refractivity contribution in [1.29, 1.82) is 0 Å². The Morgan fingerprint density at radius 2 is 2.00 bits per heavy atom. The fourth-order valence-electron chi connectivity index (χ4n) is 3.15. The van der Waals surface area contributed by atoms with Crippen LogP contribution < -0.4 is 5.32 Å². The number of likely N-dealkylation sites (N-methyl/N-ethyl adjacent to an activating group) is 1. The molecule has 2 amide bonds. The maximum absolute atomic E-state index is 12.4. The molecule has 0 aromatic carbocycles. The first-order valence-electron chi connectivity index (χ1n) is 7.90. The summed E-state index contributed by atoms with van der Waals surface area (Å²) in [5.41, 5.74) is 0. The van der Waals surface area contributed by atoms with Gasteiger partial charge in [0.25, 0.3) is 0 Å². The molecule has 6 nitrogen and oxygen atoms in total. The van der Waals surface area contributed by atoms with Gasteiger partial charge in [0.05, 0.1) is 19.1 Å². The van der Waals surface area contributed by atoms with Crippen molar-refractivity contribution in [2.45, 2.75) is 44.2 Å². The first kappa shape index (κ1) is 16.4. The van der Waals surface area contributed by atoms with Crippen molar-refractivity contribution in [3.63, 3.8) is 0 Å². The summed E-state index contributed by atoms with van der Waals surface area (Å²) in [7, 11) is 3.71. The fourth-order valence-corrected chi connectivity index (χ4v) is 3.15. The average Bonchev–Trinajstić information content (AvgIpc) is 3.05. The second kappa shape index (κ2) is 7.87. The number of rotatable bonds is 8. The Bertz CT molecular complexity index is 369. The van der Waals surface area contributed by atoms with E-state index in [9.17, 15) is 9.59 Å². The molecule has 2 aliphatic rings. The van der Waals surface area contributed by atoms with Crippen LogP contribution in [0.15, 0.2) is 0 Å².